The maximum absolute atomic E-state index is 10.5. The molecule has 0 aromatic heterocycles. The Bertz CT molecular complexity index is 222. The van der Waals surface area contributed by atoms with Gasteiger partial charge in [0.1, 0.15) is 0 Å². The lowest BCUT2D eigenvalue weighted by Crippen LogP contribution is -2.40. The highest BCUT2D eigenvalue weighted by Gasteiger charge is 2.08. The van der Waals surface area contributed by atoms with Gasteiger partial charge >= 0.3 is 0 Å². The summed E-state index contributed by atoms with van der Waals surface area (Å²) < 4.78 is 10.7. The summed E-state index contributed by atoms with van der Waals surface area (Å²) in [7, 11) is 0. The molecule has 1 aliphatic heterocycles. The Balaban J connectivity index is 1.76. The molecule has 0 saturated carbocycles. The number of carbonyl (C=O) groups excluding carboxylic acids is 1. The third-order valence-electron chi connectivity index (χ3n) is 2.55. The van der Waals surface area contributed by atoms with E-state index in [0.717, 1.165) is 46.0 Å². The standard InChI is InChI=1S/C11H24N4O3/c1-11(16)14-13-3-2-12-10-18-9-6-15-4-7-17-8-5-15/h12-13H,2-10H2,1H3,(H,14,16). The van der Waals surface area contributed by atoms with E-state index in [0.29, 0.717) is 13.3 Å². The molecular weight excluding hydrogens is 236 g/mol. The number of carbonyl (C=O) groups is 1. The van der Waals surface area contributed by atoms with Crippen LogP contribution in [0.3, 0.4) is 0 Å². The van der Waals surface area contributed by atoms with Gasteiger partial charge in [-0.05, 0) is 0 Å². The number of nitrogens with one attached hydrogen (secondary N) is 3. The van der Waals surface area contributed by atoms with Crippen molar-refractivity contribution >= 4 is 5.91 Å². The highest BCUT2D eigenvalue weighted by molar-refractivity contribution is 5.72. The topological polar surface area (TPSA) is 74.9 Å². The fourth-order valence-corrected chi connectivity index (χ4v) is 1.57. The van der Waals surface area contributed by atoms with Crippen LogP contribution in [0.25, 0.3) is 0 Å². The molecular formula is C11H24N4O3. The quantitative estimate of drug-likeness (QED) is 0.267. The predicted octanol–water partition coefficient (Wildman–Crippen LogP) is -1.48. The minimum Gasteiger partial charge on any atom is -0.379 e. The summed E-state index contributed by atoms with van der Waals surface area (Å²) in [4.78, 5) is 12.9. The van der Waals surface area contributed by atoms with E-state index in [2.05, 4.69) is 21.1 Å². The van der Waals surface area contributed by atoms with Crippen molar-refractivity contribution in [1.82, 2.24) is 21.1 Å². The zero-order chi connectivity index (χ0) is 13.1. The maximum atomic E-state index is 10.5. The molecule has 0 radical (unpaired) electrons. The Labute approximate surface area is 108 Å². The smallest absolute Gasteiger partial charge is 0.230 e. The molecule has 7 heteroatoms. The van der Waals surface area contributed by atoms with Crippen molar-refractivity contribution in [3.63, 3.8) is 0 Å². The first-order valence-corrected chi connectivity index (χ1v) is 6.37. The van der Waals surface area contributed by atoms with E-state index in [9.17, 15) is 4.79 Å². The Morgan fingerprint density at radius 3 is 2.83 bits per heavy atom. The molecule has 0 bridgehead atoms. The summed E-state index contributed by atoms with van der Waals surface area (Å²) in [6, 6.07) is 0. The van der Waals surface area contributed by atoms with Crippen LogP contribution in [0.1, 0.15) is 6.92 Å². The van der Waals surface area contributed by atoms with Gasteiger partial charge in [0.15, 0.2) is 0 Å². The molecule has 0 atom stereocenters. The number of morpholine rings is 1. The molecule has 1 heterocycles. The first-order chi connectivity index (χ1) is 8.79. The third-order valence-corrected chi connectivity index (χ3v) is 2.55. The van der Waals surface area contributed by atoms with E-state index in [-0.39, 0.29) is 5.91 Å². The lowest BCUT2D eigenvalue weighted by molar-refractivity contribution is -0.119. The molecule has 1 aliphatic rings. The SMILES string of the molecule is CC(=O)NNCCNCOCCN1CCOCC1. The monoisotopic (exact) mass is 260 g/mol. The van der Waals surface area contributed by atoms with Gasteiger partial charge in [-0.15, -0.1) is 0 Å². The van der Waals surface area contributed by atoms with Crippen molar-refractivity contribution in [2.45, 2.75) is 6.92 Å². The molecule has 106 valence electrons. The molecule has 0 aromatic carbocycles. The van der Waals surface area contributed by atoms with Crippen LogP contribution in [0.2, 0.25) is 0 Å². The Morgan fingerprint density at radius 2 is 2.11 bits per heavy atom. The number of amides is 1. The minimum absolute atomic E-state index is 0.0863. The normalized spacial score (nSPS) is 16.7. The summed E-state index contributed by atoms with van der Waals surface area (Å²) in [6.07, 6.45) is 0. The van der Waals surface area contributed by atoms with Crippen LogP contribution in [-0.4, -0.2) is 70.1 Å². The molecule has 0 spiro atoms. The Kier molecular flexibility index (Phi) is 8.70. The average molecular weight is 260 g/mol. The molecule has 0 unspecified atom stereocenters. The van der Waals surface area contributed by atoms with Crippen LogP contribution >= 0.6 is 0 Å². The van der Waals surface area contributed by atoms with Crippen LogP contribution < -0.4 is 16.2 Å². The van der Waals surface area contributed by atoms with Crippen LogP contribution in [0.4, 0.5) is 0 Å². The maximum Gasteiger partial charge on any atom is 0.230 e. The summed E-state index contributed by atoms with van der Waals surface area (Å²) in [6.45, 7) is 8.75. The molecule has 3 N–H and O–H groups in total. The largest absolute Gasteiger partial charge is 0.379 e. The van der Waals surface area contributed by atoms with Crippen molar-refractivity contribution in [1.29, 1.82) is 0 Å². The first-order valence-electron chi connectivity index (χ1n) is 6.37. The van der Waals surface area contributed by atoms with Gasteiger partial charge in [0, 0.05) is 39.6 Å². The second-order valence-corrected chi connectivity index (χ2v) is 4.11. The van der Waals surface area contributed by atoms with Gasteiger partial charge in [-0.1, -0.05) is 0 Å². The van der Waals surface area contributed by atoms with Crippen LogP contribution in [0, 0.1) is 0 Å². The van der Waals surface area contributed by atoms with E-state index < -0.39 is 0 Å². The number of hydrazine groups is 1. The number of hydrogen-bond donors (Lipinski definition) is 3. The first kappa shape index (κ1) is 15.3. The second kappa shape index (κ2) is 10.2. The summed E-state index contributed by atoms with van der Waals surface area (Å²) in [5.41, 5.74) is 5.29. The molecule has 1 rings (SSSR count). The average Bonchev–Trinajstić information content (AvgIpc) is 2.37. The molecule has 0 aliphatic carbocycles. The van der Waals surface area contributed by atoms with E-state index in [4.69, 9.17) is 9.47 Å². The van der Waals surface area contributed by atoms with E-state index in [1.165, 1.54) is 6.92 Å². The van der Waals surface area contributed by atoms with Crippen molar-refractivity contribution in [2.75, 3.05) is 59.3 Å². The minimum atomic E-state index is -0.0863. The second-order valence-electron chi connectivity index (χ2n) is 4.11. The van der Waals surface area contributed by atoms with Gasteiger partial charge < -0.3 is 9.47 Å². The molecule has 1 saturated heterocycles. The molecule has 18 heavy (non-hydrogen) atoms. The van der Waals surface area contributed by atoms with Gasteiger partial charge in [0.05, 0.1) is 26.6 Å². The van der Waals surface area contributed by atoms with E-state index in [1.807, 2.05) is 0 Å². The molecule has 1 amide bonds. The third kappa shape index (κ3) is 8.37. The molecule has 7 nitrogen and oxygen atoms in total. The Morgan fingerprint density at radius 1 is 1.33 bits per heavy atom. The number of hydrogen-bond acceptors (Lipinski definition) is 6. The Hall–Kier alpha value is -0.730. The number of ether oxygens (including phenoxy) is 2. The summed E-state index contributed by atoms with van der Waals surface area (Å²) >= 11 is 0. The zero-order valence-corrected chi connectivity index (χ0v) is 11.0. The highest BCUT2D eigenvalue weighted by atomic mass is 16.5. The van der Waals surface area contributed by atoms with Crippen molar-refractivity contribution in [3.8, 4) is 0 Å². The van der Waals surface area contributed by atoms with Crippen molar-refractivity contribution < 1.29 is 14.3 Å². The van der Waals surface area contributed by atoms with Gasteiger partial charge in [0.2, 0.25) is 5.91 Å². The van der Waals surface area contributed by atoms with Gasteiger partial charge in [-0.3, -0.25) is 20.4 Å². The van der Waals surface area contributed by atoms with Crippen LogP contribution in [0.15, 0.2) is 0 Å². The lowest BCUT2D eigenvalue weighted by Gasteiger charge is -2.26. The summed E-state index contributed by atoms with van der Waals surface area (Å²) in [5.74, 6) is -0.0863. The molecule has 0 aromatic rings. The van der Waals surface area contributed by atoms with Crippen molar-refractivity contribution in [3.05, 3.63) is 0 Å². The lowest BCUT2D eigenvalue weighted by atomic mass is 10.4. The van der Waals surface area contributed by atoms with Crippen LogP contribution in [-0.2, 0) is 14.3 Å². The number of rotatable bonds is 9. The fourth-order valence-electron chi connectivity index (χ4n) is 1.57. The van der Waals surface area contributed by atoms with Gasteiger partial charge in [0.25, 0.3) is 0 Å². The van der Waals surface area contributed by atoms with Crippen molar-refractivity contribution in [2.24, 2.45) is 0 Å². The van der Waals surface area contributed by atoms with Gasteiger partial charge in [-0.2, -0.15) is 0 Å². The fraction of sp³-hybridized carbons (Fsp3) is 0.909. The van der Waals surface area contributed by atoms with Crippen LogP contribution in [0.5, 0.6) is 0 Å². The van der Waals surface area contributed by atoms with E-state index in [1.54, 1.807) is 0 Å². The van der Waals surface area contributed by atoms with Gasteiger partial charge in [-0.25, -0.2) is 5.43 Å². The summed E-state index contributed by atoms with van der Waals surface area (Å²) in [5, 5.41) is 3.12. The zero-order valence-electron chi connectivity index (χ0n) is 11.0. The highest BCUT2D eigenvalue weighted by Crippen LogP contribution is 1.95. The number of nitrogens with zero attached hydrogens (tertiary/aromatic N) is 1. The molecule has 1 fully saturated rings. The predicted molar refractivity (Wildman–Crippen MR) is 67.9 cm³/mol. The van der Waals surface area contributed by atoms with E-state index >= 15 is 0 Å².